The summed E-state index contributed by atoms with van der Waals surface area (Å²) in [6, 6.07) is 14.1. The molecule has 7 rings (SSSR count). The first-order valence-electron chi connectivity index (χ1n) is 19.6. The number of halogens is 1. The Morgan fingerprint density at radius 1 is 1.11 bits per heavy atom. The van der Waals surface area contributed by atoms with Gasteiger partial charge < -0.3 is 34.3 Å². The highest BCUT2D eigenvalue weighted by atomic mass is 35.5. The Bertz CT molecular complexity index is 1740. The van der Waals surface area contributed by atoms with E-state index < -0.39 is 5.54 Å². The predicted octanol–water partition coefficient (Wildman–Crippen LogP) is 8.05. The monoisotopic (exact) mass is 745 g/mol. The van der Waals surface area contributed by atoms with Crippen LogP contribution < -0.4 is 24.8 Å². The van der Waals surface area contributed by atoms with Crippen LogP contribution in [-0.4, -0.2) is 69.7 Å². The number of ether oxygens (including phenoxy) is 5. The number of carbonyl (C=O) groups excluding carboxylic acids is 1. The third kappa shape index (κ3) is 7.99. The third-order valence-corrected chi connectivity index (χ3v) is 12.5. The van der Waals surface area contributed by atoms with Crippen LogP contribution in [0.3, 0.4) is 0 Å². The van der Waals surface area contributed by atoms with E-state index in [0.717, 1.165) is 74.6 Å². The summed E-state index contributed by atoms with van der Waals surface area (Å²) < 4.78 is 30.2. The van der Waals surface area contributed by atoms with Crippen LogP contribution in [0.5, 0.6) is 17.2 Å². The van der Waals surface area contributed by atoms with Crippen LogP contribution in [0.1, 0.15) is 93.5 Å². The Morgan fingerprint density at radius 3 is 2.75 bits per heavy atom. The first-order valence-corrected chi connectivity index (χ1v) is 20.0. The Kier molecular flexibility index (Phi) is 11.7. The second kappa shape index (κ2) is 16.5. The molecule has 4 atom stereocenters. The zero-order chi connectivity index (χ0) is 37.0. The highest BCUT2D eigenvalue weighted by Gasteiger charge is 2.55. The second-order valence-corrected chi connectivity index (χ2v) is 16.4. The van der Waals surface area contributed by atoms with E-state index in [4.69, 9.17) is 40.3 Å². The van der Waals surface area contributed by atoms with Crippen molar-refractivity contribution in [1.29, 1.82) is 0 Å². The molecule has 286 valence electrons. The Labute approximate surface area is 319 Å². The van der Waals surface area contributed by atoms with Crippen LogP contribution in [-0.2, 0) is 32.5 Å². The Morgan fingerprint density at radius 2 is 1.96 bits per heavy atom. The van der Waals surface area contributed by atoms with Crippen LogP contribution in [0.25, 0.3) is 0 Å². The van der Waals surface area contributed by atoms with Gasteiger partial charge in [-0.3, -0.25) is 4.98 Å². The van der Waals surface area contributed by atoms with E-state index in [1.165, 1.54) is 42.3 Å². The lowest BCUT2D eigenvalue weighted by atomic mass is 9.59. The van der Waals surface area contributed by atoms with Gasteiger partial charge in [-0.05, 0) is 141 Å². The van der Waals surface area contributed by atoms with Gasteiger partial charge in [0.25, 0.3) is 0 Å². The molecule has 1 aliphatic heterocycles. The van der Waals surface area contributed by atoms with E-state index in [0.29, 0.717) is 55.4 Å². The van der Waals surface area contributed by atoms with Gasteiger partial charge in [0.2, 0.25) is 0 Å². The number of nitrogens with one attached hydrogen (secondary N) is 2. The number of aryl methyl sites for hydroxylation is 1. The van der Waals surface area contributed by atoms with E-state index in [9.17, 15) is 4.79 Å². The molecule has 3 aliphatic carbocycles. The van der Waals surface area contributed by atoms with Crippen molar-refractivity contribution >= 4 is 23.3 Å². The molecule has 0 radical (unpaired) electrons. The average molecular weight is 746 g/mol. The minimum absolute atomic E-state index is 0.0738. The summed E-state index contributed by atoms with van der Waals surface area (Å²) in [5.74, 6) is 3.55. The number of benzene rings is 2. The van der Waals surface area contributed by atoms with Gasteiger partial charge in [0, 0.05) is 48.4 Å². The Hall–Kier alpha value is -3.53. The van der Waals surface area contributed by atoms with Crippen molar-refractivity contribution in [3.63, 3.8) is 0 Å². The highest BCUT2D eigenvalue weighted by molar-refractivity contribution is 6.30. The van der Waals surface area contributed by atoms with Crippen molar-refractivity contribution in [2.24, 2.45) is 11.8 Å². The molecule has 1 saturated carbocycles. The van der Waals surface area contributed by atoms with Gasteiger partial charge in [-0.15, -0.1) is 0 Å². The molecule has 2 N–H and O–H groups in total. The summed E-state index contributed by atoms with van der Waals surface area (Å²) in [6.07, 6.45) is 11.1. The number of pyridine rings is 1. The van der Waals surface area contributed by atoms with Crippen LogP contribution in [0.15, 0.2) is 48.7 Å². The number of anilines is 1. The van der Waals surface area contributed by atoms with Gasteiger partial charge >= 0.3 is 5.97 Å². The van der Waals surface area contributed by atoms with Crippen molar-refractivity contribution in [2.45, 2.75) is 101 Å². The number of esters is 1. The van der Waals surface area contributed by atoms with E-state index in [-0.39, 0.29) is 17.5 Å². The van der Waals surface area contributed by atoms with Gasteiger partial charge in [0.1, 0.15) is 24.0 Å². The molecule has 0 bridgehead atoms. The molecule has 0 unspecified atom stereocenters. The lowest BCUT2D eigenvalue weighted by Gasteiger charge is -2.48. The molecule has 2 heterocycles. The summed E-state index contributed by atoms with van der Waals surface area (Å²) >= 11 is 6.37. The van der Waals surface area contributed by atoms with Gasteiger partial charge in [0.15, 0.2) is 11.5 Å². The smallest absolute Gasteiger partial charge is 0.331 e. The largest absolute Gasteiger partial charge is 0.493 e. The normalized spacial score (nSPS) is 26.4. The molecular weight excluding hydrogens is 690 g/mol. The van der Waals surface area contributed by atoms with Crippen molar-refractivity contribution in [2.75, 3.05) is 52.4 Å². The topological polar surface area (TPSA) is 100 Å². The molecule has 1 fully saturated rings. The number of nitrogens with zero attached hydrogens (tertiary/aromatic N) is 1. The lowest BCUT2D eigenvalue weighted by Crippen LogP contribution is -2.53. The van der Waals surface area contributed by atoms with Gasteiger partial charge in [-0.25, -0.2) is 4.79 Å². The summed E-state index contributed by atoms with van der Waals surface area (Å²) in [7, 11) is 3.21. The minimum atomic E-state index is -0.850. The number of aromatic nitrogens is 1. The number of carbonyl (C=O) groups is 1. The zero-order valence-corrected chi connectivity index (χ0v) is 32.6. The quantitative estimate of drug-likeness (QED) is 0.125. The summed E-state index contributed by atoms with van der Waals surface area (Å²) in [4.78, 5) is 18.3. The molecule has 0 saturated heterocycles. The van der Waals surface area contributed by atoms with E-state index >= 15 is 0 Å². The summed E-state index contributed by atoms with van der Waals surface area (Å²) in [6.45, 7) is 8.08. The van der Waals surface area contributed by atoms with Crippen LogP contribution >= 0.6 is 11.6 Å². The first-order chi connectivity index (χ1) is 25.7. The third-order valence-electron chi connectivity index (χ3n) is 12.3. The fourth-order valence-corrected chi connectivity index (χ4v) is 9.79. The van der Waals surface area contributed by atoms with Gasteiger partial charge in [0.05, 0.1) is 13.7 Å². The molecule has 3 aromatic rings. The van der Waals surface area contributed by atoms with Crippen LogP contribution in [0.4, 0.5) is 5.69 Å². The zero-order valence-electron chi connectivity index (χ0n) is 31.8. The molecule has 10 heteroatoms. The first kappa shape index (κ1) is 37.8. The van der Waals surface area contributed by atoms with Crippen LogP contribution in [0.2, 0.25) is 5.02 Å². The fraction of sp³-hybridized carbons (Fsp3) is 0.581. The fourth-order valence-electron chi connectivity index (χ4n) is 9.60. The molecule has 0 amide bonds. The molecule has 1 spiro atoms. The summed E-state index contributed by atoms with van der Waals surface area (Å²) in [5.41, 5.74) is 4.99. The molecular formula is C43H56ClN3O6. The highest BCUT2D eigenvalue weighted by Crippen LogP contribution is 2.58. The number of rotatable bonds is 14. The molecule has 9 nitrogen and oxygen atoms in total. The minimum Gasteiger partial charge on any atom is -0.493 e. The average Bonchev–Trinajstić information content (AvgIpc) is 3.44. The summed E-state index contributed by atoms with van der Waals surface area (Å²) in [5, 5.41) is 7.70. The van der Waals surface area contributed by atoms with Gasteiger partial charge in [-0.1, -0.05) is 31.5 Å². The molecule has 2 aromatic carbocycles. The Balaban J connectivity index is 1.13. The van der Waals surface area contributed by atoms with E-state index in [1.54, 1.807) is 7.11 Å². The standard InChI is InChI=1S/C43H56ClN3O6/c1-28(26-51-37-12-18-46-36-11-5-8-29(2)40(36)37)20-31-21-30-22-38-39(53-34(27-52-38)25-45-17-7-19-49-3)24-35(30)42(31)13-15-43(16-14-42,41(48)50-4)47-33-10-6-9-32(44)23-33/h6,9-10,12,18,22-24,28-29,31,34,45,47H,5,7-8,11,13-17,19-21,25-27H2,1-4H3/t28-,29-,31+,34+,42?,43?/m1/s1. The maximum Gasteiger partial charge on any atom is 0.331 e. The van der Waals surface area contributed by atoms with E-state index in [1.807, 2.05) is 36.5 Å². The van der Waals surface area contributed by atoms with Crippen molar-refractivity contribution in [3.8, 4) is 17.2 Å². The molecule has 53 heavy (non-hydrogen) atoms. The molecule has 4 aliphatic rings. The predicted molar refractivity (Wildman–Crippen MR) is 208 cm³/mol. The number of hydrogen-bond donors (Lipinski definition) is 2. The second-order valence-electron chi connectivity index (χ2n) is 15.9. The lowest BCUT2D eigenvalue weighted by molar-refractivity contribution is -0.148. The number of fused-ring (bicyclic) bond motifs is 4. The SMILES string of the molecule is COCCCNC[C@H]1COc2cc3c(cc2O1)C1(CCC(Nc2cccc(Cl)c2)(C(=O)OC)CC1)[C@@H](C[C@@H](C)COc1ccnc2c1[C@H](C)CCC2)C3. The maximum atomic E-state index is 13.6. The van der Waals surface area contributed by atoms with Gasteiger partial charge in [-0.2, -0.15) is 0 Å². The number of methoxy groups -OCH3 is 2. The van der Waals surface area contributed by atoms with Crippen LogP contribution in [0, 0.1) is 11.8 Å². The number of hydrogen-bond acceptors (Lipinski definition) is 9. The molecule has 1 aromatic heterocycles. The van der Waals surface area contributed by atoms with Crippen molar-refractivity contribution < 1.29 is 28.5 Å². The van der Waals surface area contributed by atoms with Crippen molar-refractivity contribution in [1.82, 2.24) is 10.3 Å². The van der Waals surface area contributed by atoms with Crippen molar-refractivity contribution in [3.05, 3.63) is 76.1 Å². The maximum absolute atomic E-state index is 13.6. The van der Waals surface area contributed by atoms with E-state index in [2.05, 4.69) is 36.6 Å².